The van der Waals surface area contributed by atoms with E-state index in [1.807, 2.05) is 0 Å². The van der Waals surface area contributed by atoms with Crippen LogP contribution < -0.4 is 0 Å². The molecule has 0 aromatic rings. The van der Waals surface area contributed by atoms with E-state index in [4.69, 9.17) is 45.2 Å². The molecule has 0 saturated carbocycles. The molecule has 0 aliphatic rings. The Bertz CT molecular complexity index is 82.8. The summed E-state index contributed by atoms with van der Waals surface area (Å²) < 4.78 is 0. The maximum absolute atomic E-state index is 7.17. The summed E-state index contributed by atoms with van der Waals surface area (Å²) in [6, 6.07) is 0. The molecule has 9 N–H and O–H groups in total. The Hall–Kier alpha value is 30.9. The topological polar surface area (TPSA) is 182 Å². The first-order chi connectivity index (χ1) is 5.20. The molecule has 0 aromatic heterocycles. The first-order valence-electron chi connectivity index (χ1n) is 2.32. The first kappa shape index (κ1) is 526. The second-order valence-corrected chi connectivity index (χ2v) is 1.04. The summed E-state index contributed by atoms with van der Waals surface area (Å²) in [5.41, 5.74) is 0. The van der Waals surface area contributed by atoms with Gasteiger partial charge in [0.05, 0.1) is 0 Å². The van der Waals surface area contributed by atoms with Gasteiger partial charge in [-0.05, 0) is 0 Å². The van der Waals surface area contributed by atoms with Crippen LogP contribution in [0.15, 0.2) is 0 Å². The quantitative estimate of drug-likeness (QED) is 0.122. The normalized spacial score (nSPS) is 1.27. The third-order valence-corrected chi connectivity index (χ3v) is 0. The molecule has 0 aromatic carbocycles. The Balaban J connectivity index is -0.000000000255. The zero-order valence-corrected chi connectivity index (χ0v) is 5.76. The molecule has 0 spiro atoms. The van der Waals surface area contributed by atoms with E-state index < -0.39 is 22.0 Å². The summed E-state index contributed by atoms with van der Waals surface area (Å²) in [6.07, 6.45) is 0. The van der Waals surface area contributed by atoms with E-state index in [1.165, 1.54) is 0 Å². The number of rotatable bonds is 0. The van der Waals surface area contributed by atoms with Gasteiger partial charge in [-0.15, -0.1) is 0 Å². The van der Waals surface area contributed by atoms with Gasteiger partial charge in [-0.1, -0.05) is 0 Å². The third kappa shape index (κ3) is 822. The van der Waals surface area contributed by atoms with Crippen molar-refractivity contribution in [2.45, 2.75) is 0 Å². The molecule has 0 heterocycles. The third-order valence-electron chi connectivity index (χ3n) is 0. The molecule has 0 fully saturated rings. The van der Waals surface area contributed by atoms with E-state index in [2.05, 4.69) is 0 Å². The molecule has 0 rings (SSSR count). The zero-order chi connectivity index (χ0) is 10.7. The molecular formula is H61B3Li52O9. The molecule has 0 radical (unpaired) electrons. The van der Waals surface area contributed by atoms with E-state index >= 15 is 0 Å². The van der Waals surface area contributed by atoms with Crippen molar-refractivity contribution in [3.8, 4) is 0 Å². The maximum atomic E-state index is 7.17. The van der Waals surface area contributed by atoms with Crippen LogP contribution in [-0.2, 0) is 0 Å². The van der Waals surface area contributed by atoms with Gasteiger partial charge < -0.3 is 45.2 Å². The predicted molar refractivity (Wildman–Crippen MR) is 409 cm³/mol. The monoisotopic (exact) mass is 603 g/mol. The molecule has 0 unspecified atom stereocenters. The number of hydrogen-bond acceptors (Lipinski definition) is 9. The molecule has 0 atom stereocenters. The summed E-state index contributed by atoms with van der Waals surface area (Å²) in [7, 11) is -6.50. The van der Waals surface area contributed by atoms with Gasteiger partial charge in [0.15, 0.2) is 0 Å². The fourth-order valence-electron chi connectivity index (χ4n) is 0. The molecule has 0 bridgehead atoms. The minimum absolute atomic E-state index is 0. The molecule has 0 aliphatic carbocycles. The average Bonchev–Trinajstić information content (AvgIpc) is 1.54. The van der Waals surface area contributed by atoms with Crippen molar-refractivity contribution in [1.29, 1.82) is 0 Å². The van der Waals surface area contributed by atoms with Crippen LogP contribution in [0, 0.1) is 0 Å². The average molecular weight is 599 g/mol. The van der Waals surface area contributed by atoms with Crippen molar-refractivity contribution in [3.63, 3.8) is 0 Å². The molecule has 64 heteroatoms. The molecule has 0 amide bonds. The number of hydrogen-bond donors (Lipinski definition) is 9. The Morgan fingerprint density at radius 1 is 0.0781 bits per heavy atom. The molecule has 0 saturated heterocycles. The van der Waals surface area contributed by atoms with E-state index in [1.54, 1.807) is 0 Å². The van der Waals surface area contributed by atoms with Crippen LogP contribution in [0.4, 0.5) is 0 Å². The van der Waals surface area contributed by atoms with Crippen molar-refractivity contribution < 1.29 is 45.2 Å². The van der Waals surface area contributed by atoms with Crippen molar-refractivity contribution in [3.05, 3.63) is 0 Å². The standard InChI is InChI=1S/3BH3O3.52Li.52H/c3*2-1(3)4;;;;;;;;;;;;;;;;;;;;;;;;;;;;;;;;;;;;;;;;;;;;;;;;;;;;;;;;;;;;;;;;;;;;;;;;;;;;;;;;;;;;;;;;;;;;;;;;;;;;;;;;/h3*2-4H;;;;;;;;;;;;;;;;;;;;;;;;;;;;;;;;;;;;;;;;;;;;;;;;;;;;;;;;;;;;;;;;;;;;;;;;;;;;;;;;;;;;;;;;;;;;;;;;;;;;;;;;. The van der Waals surface area contributed by atoms with Crippen LogP contribution in [0.5, 0.6) is 0 Å². The van der Waals surface area contributed by atoms with E-state index in [-0.39, 0.29) is 981 Å². The van der Waals surface area contributed by atoms with Gasteiger partial charge in [0.1, 0.15) is 0 Å². The summed E-state index contributed by atoms with van der Waals surface area (Å²) in [5.74, 6) is 0. The van der Waals surface area contributed by atoms with E-state index in [0.717, 1.165) is 0 Å². The Labute approximate surface area is 1020 Å². The van der Waals surface area contributed by atoms with Crippen molar-refractivity contribution in [2.75, 3.05) is 0 Å². The van der Waals surface area contributed by atoms with Gasteiger partial charge >= 0.3 is 1000 Å². The summed E-state index contributed by atoms with van der Waals surface area (Å²) >= 11 is 0. The minimum atomic E-state index is -2.17. The fraction of sp³-hybridized carbons (Fsp3) is 0. The van der Waals surface area contributed by atoms with E-state index in [9.17, 15) is 0 Å². The molecule has 64 heavy (non-hydrogen) atoms. The zero-order valence-electron chi connectivity index (χ0n) is 5.76. The van der Waals surface area contributed by atoms with Crippen LogP contribution in [-0.4, -0.2) is 1050 Å². The van der Waals surface area contributed by atoms with Gasteiger partial charge in [0.25, 0.3) is 0 Å². The van der Waals surface area contributed by atoms with E-state index in [0.29, 0.717) is 0 Å². The van der Waals surface area contributed by atoms with Gasteiger partial charge in [-0.3, -0.25) is 0 Å². The Morgan fingerprint density at radius 3 is 0.0781 bits per heavy atom. The summed E-state index contributed by atoms with van der Waals surface area (Å²) in [4.78, 5) is 0. The fourth-order valence-corrected chi connectivity index (χ4v) is 0. The van der Waals surface area contributed by atoms with Crippen LogP contribution in [0.1, 0.15) is 0 Å². The molecular weight excluding hydrogens is 537 g/mol. The predicted octanol–water partition coefficient (Wildman–Crippen LogP) is -39.9. The Morgan fingerprint density at radius 2 is 0.0781 bits per heavy atom. The van der Waals surface area contributed by atoms with Crippen LogP contribution in [0.3, 0.4) is 0 Å². The van der Waals surface area contributed by atoms with Gasteiger partial charge in [-0.2, -0.15) is 0 Å². The molecule has 9 nitrogen and oxygen atoms in total. The first-order valence-corrected chi connectivity index (χ1v) is 2.32. The van der Waals surface area contributed by atoms with Crippen LogP contribution in [0.25, 0.3) is 0 Å². The van der Waals surface area contributed by atoms with Crippen LogP contribution >= 0.6 is 0 Å². The Kier molecular flexibility index (Phi) is 4180. The van der Waals surface area contributed by atoms with Crippen molar-refractivity contribution >= 4 is 1000 Å². The second-order valence-electron chi connectivity index (χ2n) is 1.04. The van der Waals surface area contributed by atoms with Crippen molar-refractivity contribution in [1.82, 2.24) is 0 Å². The second kappa shape index (κ2) is 509. The van der Waals surface area contributed by atoms with Crippen molar-refractivity contribution in [2.24, 2.45) is 0 Å². The van der Waals surface area contributed by atoms with Gasteiger partial charge in [0, 0.05) is 0 Å². The van der Waals surface area contributed by atoms with Gasteiger partial charge in [0.2, 0.25) is 0 Å². The summed E-state index contributed by atoms with van der Waals surface area (Å²) in [6.45, 7) is 0. The molecule has 0 aliphatic heterocycles. The SMILES string of the molecule is OB(O)O.OB(O)O.OB(O)O.[LiH].[LiH].[LiH].[LiH].[LiH].[LiH].[LiH].[LiH].[LiH].[LiH].[LiH].[LiH].[LiH].[LiH].[LiH].[LiH].[LiH].[LiH].[LiH].[LiH].[LiH].[LiH].[LiH].[LiH].[LiH].[LiH].[LiH].[LiH].[LiH].[LiH].[LiH].[LiH].[LiH].[LiH].[LiH].[LiH].[LiH].[LiH].[LiH].[LiH].[LiH].[LiH].[LiH].[LiH].[LiH].[LiH].[LiH].[LiH].[LiH].[LiH].[LiH].[LiH]. The van der Waals surface area contributed by atoms with Crippen LogP contribution in [0.2, 0.25) is 0 Å². The summed E-state index contributed by atoms with van der Waals surface area (Å²) in [5, 5.41) is 64.5. The van der Waals surface area contributed by atoms with Gasteiger partial charge in [-0.25, -0.2) is 0 Å². The molecule has 176 valence electrons.